The molecule has 0 aliphatic rings. The summed E-state index contributed by atoms with van der Waals surface area (Å²) in [6.45, 7) is 7.86. The first-order valence-electron chi connectivity index (χ1n) is 8.73. The topological polar surface area (TPSA) is 35.5 Å². The predicted molar refractivity (Wildman–Crippen MR) is 111 cm³/mol. The summed E-state index contributed by atoms with van der Waals surface area (Å²) >= 11 is 0. The number of carbonyl (C=O) groups excluding carboxylic acids is 1. The lowest BCUT2D eigenvalue weighted by Crippen LogP contribution is -2.18. The highest BCUT2D eigenvalue weighted by Gasteiger charge is 2.16. The molecule has 0 saturated heterocycles. The molecule has 1 unspecified atom stereocenters. The summed E-state index contributed by atoms with van der Waals surface area (Å²) in [5, 5.41) is 0. The molecular formula is C23H24O3Si. The molecule has 0 aliphatic carbocycles. The van der Waals surface area contributed by atoms with Gasteiger partial charge in [0.05, 0.1) is 7.11 Å². The van der Waals surface area contributed by atoms with Gasteiger partial charge in [-0.2, -0.15) is 0 Å². The van der Waals surface area contributed by atoms with Crippen LogP contribution in [0.4, 0.5) is 0 Å². The molecule has 27 heavy (non-hydrogen) atoms. The van der Waals surface area contributed by atoms with E-state index in [1.54, 1.807) is 7.11 Å². The average Bonchev–Trinajstić information content (AvgIpc) is 2.63. The number of methoxy groups -OCH3 is 1. The highest BCUT2D eigenvalue weighted by Crippen LogP contribution is 2.21. The van der Waals surface area contributed by atoms with E-state index in [0.717, 1.165) is 22.4 Å². The molecule has 0 aromatic heterocycles. The number of benzene rings is 2. The van der Waals surface area contributed by atoms with Crippen LogP contribution in [0.3, 0.4) is 0 Å². The van der Waals surface area contributed by atoms with Gasteiger partial charge >= 0.3 is 5.97 Å². The van der Waals surface area contributed by atoms with Gasteiger partial charge in [0.1, 0.15) is 13.8 Å². The summed E-state index contributed by atoms with van der Waals surface area (Å²) in [5.74, 6) is 9.90. The highest BCUT2D eigenvalue weighted by molar-refractivity contribution is 6.83. The van der Waals surface area contributed by atoms with Crippen LogP contribution < -0.4 is 4.74 Å². The number of rotatable bonds is 3. The normalized spacial score (nSPS) is 11.3. The Bertz CT molecular complexity index is 916. The van der Waals surface area contributed by atoms with E-state index in [9.17, 15) is 4.79 Å². The number of esters is 1. The van der Waals surface area contributed by atoms with Gasteiger partial charge in [0, 0.05) is 23.6 Å². The van der Waals surface area contributed by atoms with E-state index in [-0.39, 0.29) is 5.97 Å². The lowest BCUT2D eigenvalue weighted by molar-refractivity contribution is -0.144. The fourth-order valence-electron chi connectivity index (χ4n) is 2.27. The SMILES string of the molecule is COc1ccc(C#Cc2ccccc2C(C#C[Si](C)(C)C)OC(C)=O)cc1. The molecule has 0 amide bonds. The second-order valence-electron chi connectivity index (χ2n) is 7.07. The molecular weight excluding hydrogens is 352 g/mol. The van der Waals surface area contributed by atoms with Crippen molar-refractivity contribution in [2.24, 2.45) is 0 Å². The van der Waals surface area contributed by atoms with Crippen molar-refractivity contribution in [1.29, 1.82) is 0 Å². The Balaban J connectivity index is 2.40. The van der Waals surface area contributed by atoms with Crippen LogP contribution >= 0.6 is 0 Å². The smallest absolute Gasteiger partial charge is 0.304 e. The van der Waals surface area contributed by atoms with Crippen LogP contribution in [0, 0.1) is 23.3 Å². The number of ether oxygens (including phenoxy) is 2. The first-order valence-corrected chi connectivity index (χ1v) is 12.2. The van der Waals surface area contributed by atoms with Crippen molar-refractivity contribution >= 4 is 14.0 Å². The molecule has 3 nitrogen and oxygen atoms in total. The molecule has 2 aromatic rings. The zero-order valence-corrected chi connectivity index (χ0v) is 17.4. The Hall–Kier alpha value is -2.95. The Labute approximate surface area is 162 Å². The van der Waals surface area contributed by atoms with Gasteiger partial charge in [-0.3, -0.25) is 4.79 Å². The maximum atomic E-state index is 11.6. The quantitative estimate of drug-likeness (QED) is 0.447. The Morgan fingerprint density at radius 3 is 2.26 bits per heavy atom. The first-order chi connectivity index (χ1) is 12.8. The van der Waals surface area contributed by atoms with Gasteiger partial charge < -0.3 is 9.47 Å². The monoisotopic (exact) mass is 376 g/mol. The van der Waals surface area contributed by atoms with Crippen molar-refractivity contribution in [3.63, 3.8) is 0 Å². The minimum Gasteiger partial charge on any atom is -0.497 e. The molecule has 1 atom stereocenters. The fraction of sp³-hybridized carbons (Fsp3) is 0.261. The van der Waals surface area contributed by atoms with Crippen LogP contribution in [0.25, 0.3) is 0 Å². The first kappa shape index (κ1) is 20.4. The molecule has 2 rings (SSSR count). The minimum atomic E-state index is -1.60. The predicted octanol–water partition coefficient (Wildman–Crippen LogP) is 4.58. The number of hydrogen-bond donors (Lipinski definition) is 0. The third-order valence-corrected chi connectivity index (χ3v) is 4.43. The van der Waals surface area contributed by atoms with Gasteiger partial charge in [0.25, 0.3) is 0 Å². The van der Waals surface area contributed by atoms with Crippen LogP contribution in [0.5, 0.6) is 5.75 Å². The second kappa shape index (κ2) is 9.12. The summed E-state index contributed by atoms with van der Waals surface area (Å²) < 4.78 is 10.6. The third-order valence-electron chi connectivity index (χ3n) is 3.54. The van der Waals surface area contributed by atoms with E-state index in [2.05, 4.69) is 42.9 Å². The maximum Gasteiger partial charge on any atom is 0.304 e. The second-order valence-corrected chi connectivity index (χ2v) is 11.8. The fourth-order valence-corrected chi connectivity index (χ4v) is 2.84. The standard InChI is InChI=1S/C23H24O3Si/c1-18(24)26-23(16-17-27(3,4)5)22-9-7-6-8-20(22)13-10-19-11-14-21(25-2)15-12-19/h6-9,11-12,14-15,23H,1-5H3. The van der Waals surface area contributed by atoms with Crippen LogP contribution in [0.1, 0.15) is 29.7 Å². The third kappa shape index (κ3) is 6.70. The van der Waals surface area contributed by atoms with Crippen LogP contribution in [-0.4, -0.2) is 21.2 Å². The molecule has 4 heteroatoms. The average molecular weight is 377 g/mol. The van der Waals surface area contributed by atoms with Crippen LogP contribution in [-0.2, 0) is 9.53 Å². The van der Waals surface area contributed by atoms with Gasteiger partial charge in [-0.15, -0.1) is 5.54 Å². The Morgan fingerprint density at radius 2 is 1.67 bits per heavy atom. The molecule has 0 saturated carbocycles. The lowest BCUT2D eigenvalue weighted by Gasteiger charge is -2.14. The highest BCUT2D eigenvalue weighted by atomic mass is 28.3. The van der Waals surface area contributed by atoms with Gasteiger partial charge in [0.2, 0.25) is 0 Å². The van der Waals surface area contributed by atoms with Crippen molar-refractivity contribution in [2.75, 3.05) is 7.11 Å². The Morgan fingerprint density at radius 1 is 1.00 bits per heavy atom. The van der Waals surface area contributed by atoms with E-state index in [4.69, 9.17) is 9.47 Å². The van der Waals surface area contributed by atoms with Gasteiger partial charge in [-0.1, -0.05) is 55.6 Å². The molecule has 0 radical (unpaired) electrons. The van der Waals surface area contributed by atoms with E-state index in [1.807, 2.05) is 48.5 Å². The summed E-state index contributed by atoms with van der Waals surface area (Å²) in [6, 6.07) is 15.2. The van der Waals surface area contributed by atoms with Gasteiger partial charge in [0.15, 0.2) is 6.10 Å². The number of hydrogen-bond acceptors (Lipinski definition) is 3. The molecule has 0 heterocycles. The lowest BCUT2D eigenvalue weighted by atomic mass is 10.0. The number of carbonyl (C=O) groups is 1. The minimum absolute atomic E-state index is 0.359. The van der Waals surface area contributed by atoms with Crippen molar-refractivity contribution in [3.05, 3.63) is 65.2 Å². The van der Waals surface area contributed by atoms with Gasteiger partial charge in [-0.05, 0) is 30.3 Å². The Kier molecular flexibility index (Phi) is 6.88. The van der Waals surface area contributed by atoms with E-state index >= 15 is 0 Å². The van der Waals surface area contributed by atoms with E-state index in [1.165, 1.54) is 6.92 Å². The molecule has 2 aromatic carbocycles. The summed E-state index contributed by atoms with van der Waals surface area (Å²) in [4.78, 5) is 11.6. The molecule has 0 N–H and O–H groups in total. The van der Waals surface area contributed by atoms with Crippen molar-refractivity contribution in [3.8, 4) is 29.1 Å². The van der Waals surface area contributed by atoms with Crippen molar-refractivity contribution in [1.82, 2.24) is 0 Å². The molecule has 0 spiro atoms. The molecule has 138 valence electrons. The maximum absolute atomic E-state index is 11.6. The van der Waals surface area contributed by atoms with E-state index in [0.29, 0.717) is 0 Å². The van der Waals surface area contributed by atoms with Gasteiger partial charge in [-0.25, -0.2) is 0 Å². The zero-order valence-electron chi connectivity index (χ0n) is 16.4. The molecule has 0 aliphatic heterocycles. The zero-order chi connectivity index (χ0) is 19.9. The molecule has 0 bridgehead atoms. The van der Waals surface area contributed by atoms with Crippen molar-refractivity contribution < 1.29 is 14.3 Å². The summed E-state index contributed by atoms with van der Waals surface area (Å²) in [7, 11) is 0.0307. The van der Waals surface area contributed by atoms with Crippen molar-refractivity contribution in [2.45, 2.75) is 32.7 Å². The largest absolute Gasteiger partial charge is 0.497 e. The van der Waals surface area contributed by atoms with Crippen LogP contribution in [0.15, 0.2) is 48.5 Å². The van der Waals surface area contributed by atoms with Crippen LogP contribution in [0.2, 0.25) is 19.6 Å². The molecule has 0 fully saturated rings. The summed E-state index contributed by atoms with van der Waals surface area (Å²) in [6.07, 6.45) is -0.615. The van der Waals surface area contributed by atoms with E-state index < -0.39 is 14.2 Å². The summed E-state index contributed by atoms with van der Waals surface area (Å²) in [5.41, 5.74) is 5.77.